The largest absolute Gasteiger partial charge is 0.406 e. The van der Waals surface area contributed by atoms with Crippen LogP contribution in [0.5, 0.6) is 5.75 Å². The molecule has 34 heavy (non-hydrogen) atoms. The van der Waals surface area contributed by atoms with E-state index in [1.54, 1.807) is 0 Å². The van der Waals surface area contributed by atoms with E-state index in [1.165, 1.54) is 0 Å². The SMILES string of the molecule is O=C(NC1NOc2ccc(-c3ccc(C(=O)N4CCN(CC5(O)CC5)CC4)cc3)cc21)C1CC1. The van der Waals surface area contributed by atoms with E-state index < -0.39 is 5.60 Å². The third-order valence-electron chi connectivity index (χ3n) is 7.31. The van der Waals surface area contributed by atoms with Crippen molar-refractivity contribution in [2.45, 2.75) is 37.5 Å². The van der Waals surface area contributed by atoms with Crippen molar-refractivity contribution >= 4 is 11.8 Å². The van der Waals surface area contributed by atoms with Crippen LogP contribution < -0.4 is 15.6 Å². The predicted molar refractivity (Wildman–Crippen MR) is 126 cm³/mol. The fourth-order valence-corrected chi connectivity index (χ4v) is 4.76. The smallest absolute Gasteiger partial charge is 0.253 e. The number of hydrogen-bond acceptors (Lipinski definition) is 6. The maximum atomic E-state index is 13.0. The summed E-state index contributed by atoms with van der Waals surface area (Å²) in [6, 6.07) is 13.6. The summed E-state index contributed by atoms with van der Waals surface area (Å²) in [4.78, 5) is 34.9. The number of benzene rings is 2. The van der Waals surface area contributed by atoms with Crippen LogP contribution in [0.1, 0.15) is 47.8 Å². The number of nitrogens with one attached hydrogen (secondary N) is 2. The molecule has 2 aromatic carbocycles. The molecule has 1 unspecified atom stereocenters. The quantitative estimate of drug-likeness (QED) is 0.609. The van der Waals surface area contributed by atoms with Gasteiger partial charge in [0, 0.05) is 49.8 Å². The lowest BCUT2D eigenvalue weighted by atomic mass is 10.00. The van der Waals surface area contributed by atoms with Gasteiger partial charge in [-0.1, -0.05) is 18.2 Å². The number of hydroxylamine groups is 1. The minimum absolute atomic E-state index is 0.0470. The van der Waals surface area contributed by atoms with Crippen molar-refractivity contribution in [2.75, 3.05) is 32.7 Å². The standard InChI is InChI=1S/C26H30N4O4/c31-24(18-3-4-18)27-23-21-15-20(7-8-22(21)34-28-23)17-1-5-19(6-2-17)25(32)30-13-11-29(12-14-30)16-26(33)9-10-26/h1-2,5-8,15,18,23,28,33H,3-4,9-14,16H2,(H,27,31). The van der Waals surface area contributed by atoms with Gasteiger partial charge >= 0.3 is 0 Å². The van der Waals surface area contributed by atoms with Gasteiger partial charge in [-0.25, -0.2) is 0 Å². The van der Waals surface area contributed by atoms with Crippen LogP contribution >= 0.6 is 0 Å². The molecule has 1 atom stereocenters. The first-order valence-electron chi connectivity index (χ1n) is 12.2. The second kappa shape index (κ2) is 8.37. The van der Waals surface area contributed by atoms with Crippen molar-refractivity contribution < 1.29 is 19.5 Å². The second-order valence-electron chi connectivity index (χ2n) is 10.1. The van der Waals surface area contributed by atoms with Crippen LogP contribution in [0.3, 0.4) is 0 Å². The minimum atomic E-state index is -0.482. The summed E-state index contributed by atoms with van der Waals surface area (Å²) in [6.07, 6.45) is 3.33. The summed E-state index contributed by atoms with van der Waals surface area (Å²) < 4.78 is 0. The zero-order valence-electron chi connectivity index (χ0n) is 19.1. The molecule has 0 aromatic heterocycles. The molecule has 2 saturated carbocycles. The van der Waals surface area contributed by atoms with Gasteiger partial charge < -0.3 is 20.2 Å². The van der Waals surface area contributed by atoms with Crippen LogP contribution in [-0.2, 0) is 4.79 Å². The van der Waals surface area contributed by atoms with Crippen molar-refractivity contribution in [3.8, 4) is 16.9 Å². The molecule has 6 rings (SSSR count). The second-order valence-corrected chi connectivity index (χ2v) is 10.1. The number of aliphatic hydroxyl groups is 1. The topological polar surface area (TPSA) is 94.1 Å². The number of piperazine rings is 1. The molecule has 2 amide bonds. The number of fused-ring (bicyclic) bond motifs is 1. The predicted octanol–water partition coefficient (Wildman–Crippen LogP) is 2.06. The normalized spacial score (nSPS) is 23.2. The van der Waals surface area contributed by atoms with Gasteiger partial charge in [-0.2, -0.15) is 0 Å². The van der Waals surface area contributed by atoms with Gasteiger partial charge in [0.25, 0.3) is 5.91 Å². The van der Waals surface area contributed by atoms with Crippen molar-refractivity contribution in [1.29, 1.82) is 0 Å². The molecule has 0 spiro atoms. The highest BCUT2D eigenvalue weighted by Gasteiger charge is 2.42. The molecule has 0 radical (unpaired) electrons. The summed E-state index contributed by atoms with van der Waals surface area (Å²) in [7, 11) is 0. The van der Waals surface area contributed by atoms with E-state index in [4.69, 9.17) is 4.84 Å². The average molecular weight is 463 g/mol. The Morgan fingerprint density at radius 3 is 2.41 bits per heavy atom. The van der Waals surface area contributed by atoms with Gasteiger partial charge in [-0.3, -0.25) is 14.5 Å². The summed E-state index contributed by atoms with van der Waals surface area (Å²) >= 11 is 0. The average Bonchev–Trinajstić information content (AvgIpc) is 3.79. The number of rotatable bonds is 6. The van der Waals surface area contributed by atoms with Crippen LogP contribution in [-0.4, -0.2) is 65.0 Å². The first-order valence-corrected chi connectivity index (χ1v) is 12.2. The Morgan fingerprint density at radius 2 is 1.74 bits per heavy atom. The number of carbonyl (C=O) groups excluding carboxylic acids is 2. The van der Waals surface area contributed by atoms with E-state index in [0.29, 0.717) is 24.4 Å². The van der Waals surface area contributed by atoms with E-state index >= 15 is 0 Å². The molecule has 1 saturated heterocycles. The molecular formula is C26H30N4O4. The van der Waals surface area contributed by atoms with Gasteiger partial charge in [0.2, 0.25) is 5.91 Å². The van der Waals surface area contributed by atoms with Crippen molar-refractivity contribution in [1.82, 2.24) is 20.6 Å². The fraction of sp³-hybridized carbons (Fsp3) is 0.462. The lowest BCUT2D eigenvalue weighted by Crippen LogP contribution is -2.50. The molecule has 8 nitrogen and oxygen atoms in total. The van der Waals surface area contributed by atoms with E-state index in [0.717, 1.165) is 62.0 Å². The summed E-state index contributed by atoms with van der Waals surface area (Å²) in [5, 5.41) is 13.1. The summed E-state index contributed by atoms with van der Waals surface area (Å²) in [5.41, 5.74) is 6.00. The number of hydrogen-bond donors (Lipinski definition) is 3. The number of carbonyl (C=O) groups is 2. The lowest BCUT2D eigenvalue weighted by molar-refractivity contribution is -0.123. The number of nitrogens with zero attached hydrogens (tertiary/aromatic N) is 2. The third-order valence-corrected chi connectivity index (χ3v) is 7.31. The molecule has 178 valence electrons. The Labute approximate surface area is 198 Å². The highest BCUT2D eigenvalue weighted by molar-refractivity contribution is 5.94. The van der Waals surface area contributed by atoms with Gasteiger partial charge in [0.15, 0.2) is 5.75 Å². The summed E-state index contributed by atoms with van der Waals surface area (Å²) in [6.45, 7) is 3.69. The van der Waals surface area contributed by atoms with Crippen molar-refractivity contribution in [3.63, 3.8) is 0 Å². The zero-order chi connectivity index (χ0) is 23.3. The molecule has 0 bridgehead atoms. The molecule has 3 fully saturated rings. The van der Waals surface area contributed by atoms with Gasteiger partial charge in [-0.15, -0.1) is 5.48 Å². The third kappa shape index (κ3) is 4.41. The molecule has 4 aliphatic rings. The monoisotopic (exact) mass is 462 g/mol. The van der Waals surface area contributed by atoms with Crippen molar-refractivity contribution in [3.05, 3.63) is 53.6 Å². The maximum absolute atomic E-state index is 13.0. The molecule has 2 aliphatic carbocycles. The van der Waals surface area contributed by atoms with Gasteiger partial charge in [0.05, 0.1) is 5.60 Å². The first-order chi connectivity index (χ1) is 16.5. The lowest BCUT2D eigenvalue weighted by Gasteiger charge is -2.35. The van der Waals surface area contributed by atoms with Crippen LogP contribution in [0.4, 0.5) is 0 Å². The minimum Gasteiger partial charge on any atom is -0.406 e. The maximum Gasteiger partial charge on any atom is 0.253 e. The number of β-amino-alcohol motifs (C(OH)–C–C–N with tert-alkyl or cyclic N) is 1. The Kier molecular flexibility index (Phi) is 5.32. The fourth-order valence-electron chi connectivity index (χ4n) is 4.76. The number of amides is 2. The molecule has 2 aromatic rings. The van der Waals surface area contributed by atoms with Crippen LogP contribution in [0.2, 0.25) is 0 Å². The van der Waals surface area contributed by atoms with E-state index in [-0.39, 0.29) is 23.9 Å². The zero-order valence-corrected chi connectivity index (χ0v) is 19.1. The van der Waals surface area contributed by atoms with E-state index in [1.807, 2.05) is 47.4 Å². The van der Waals surface area contributed by atoms with Gasteiger partial charge in [0.1, 0.15) is 6.17 Å². The first kappa shape index (κ1) is 21.6. The summed E-state index contributed by atoms with van der Waals surface area (Å²) in [5.74, 6) is 0.952. The Balaban J connectivity index is 1.10. The van der Waals surface area contributed by atoms with Crippen molar-refractivity contribution in [2.24, 2.45) is 5.92 Å². The molecule has 8 heteroatoms. The molecule has 3 N–H and O–H groups in total. The molecule has 2 heterocycles. The highest BCUT2D eigenvalue weighted by atomic mass is 16.7. The Morgan fingerprint density at radius 1 is 1.03 bits per heavy atom. The Hall–Kier alpha value is -2.94. The van der Waals surface area contributed by atoms with E-state index in [2.05, 4.69) is 15.7 Å². The highest BCUT2D eigenvalue weighted by Crippen LogP contribution is 2.36. The molecular weight excluding hydrogens is 432 g/mol. The molecule has 2 aliphatic heterocycles. The van der Waals surface area contributed by atoms with Crippen LogP contribution in [0.25, 0.3) is 11.1 Å². The van der Waals surface area contributed by atoms with Gasteiger partial charge in [-0.05, 0) is 61.1 Å². The van der Waals surface area contributed by atoms with Crippen LogP contribution in [0, 0.1) is 5.92 Å². The van der Waals surface area contributed by atoms with E-state index in [9.17, 15) is 14.7 Å². The van der Waals surface area contributed by atoms with Crippen LogP contribution in [0.15, 0.2) is 42.5 Å². The Bertz CT molecular complexity index is 1100.